The molecule has 0 amide bonds. The van der Waals surface area contributed by atoms with Crippen LogP contribution in [0.25, 0.3) is 0 Å². The highest BCUT2D eigenvalue weighted by Gasteiger charge is 2.19. The van der Waals surface area contributed by atoms with Gasteiger partial charge in [-0.25, -0.2) is 0 Å². The van der Waals surface area contributed by atoms with E-state index >= 15 is 0 Å². The molecule has 0 rings (SSSR count). The summed E-state index contributed by atoms with van der Waals surface area (Å²) in [5.41, 5.74) is 0. The summed E-state index contributed by atoms with van der Waals surface area (Å²) in [5, 5.41) is 0. The first-order chi connectivity index (χ1) is 24.0. The smallest absolute Gasteiger partial charge is 0.306 e. The lowest BCUT2D eigenvalue weighted by molar-refractivity contribution is -0.166. The van der Waals surface area contributed by atoms with Crippen LogP contribution in [-0.2, 0) is 28.6 Å². The van der Waals surface area contributed by atoms with Gasteiger partial charge in [-0.2, -0.15) is 0 Å². The first kappa shape index (κ1) is 45.3. The Morgan fingerprint density at radius 2 is 0.796 bits per heavy atom. The Morgan fingerprint density at radius 1 is 0.429 bits per heavy atom. The molecule has 0 fully saturated rings. The van der Waals surface area contributed by atoms with Gasteiger partial charge in [-0.1, -0.05) is 144 Å². The fraction of sp³-hybridized carbons (Fsp3) is 0.558. The van der Waals surface area contributed by atoms with E-state index in [4.69, 9.17) is 14.2 Å². The highest BCUT2D eigenvalue weighted by molar-refractivity contribution is 5.71. The number of hydrogen-bond acceptors (Lipinski definition) is 6. The monoisotopic (exact) mass is 678 g/mol. The van der Waals surface area contributed by atoms with Crippen LogP contribution in [0.15, 0.2) is 97.2 Å². The number of rotatable bonds is 31. The second-order valence-electron chi connectivity index (χ2n) is 11.7. The van der Waals surface area contributed by atoms with Crippen molar-refractivity contribution >= 4 is 17.9 Å². The molecule has 6 heteroatoms. The van der Waals surface area contributed by atoms with Crippen LogP contribution in [-0.4, -0.2) is 37.2 Å². The van der Waals surface area contributed by atoms with Crippen molar-refractivity contribution < 1.29 is 28.6 Å². The molecule has 0 spiro atoms. The molecule has 1 unspecified atom stereocenters. The third-order valence-electron chi connectivity index (χ3n) is 7.11. The van der Waals surface area contributed by atoms with Crippen LogP contribution < -0.4 is 0 Å². The summed E-state index contributed by atoms with van der Waals surface area (Å²) in [6.45, 7) is 6.13. The molecular formula is C43H66O6. The van der Waals surface area contributed by atoms with E-state index < -0.39 is 12.1 Å². The van der Waals surface area contributed by atoms with Crippen LogP contribution in [0.4, 0.5) is 0 Å². The van der Waals surface area contributed by atoms with Gasteiger partial charge in [-0.05, 0) is 70.6 Å². The topological polar surface area (TPSA) is 78.9 Å². The SMILES string of the molecule is CC/C=C\C/C=C\C/C=C\C/C=C\CCC(=O)OCC(COC(=O)CCCCCCC)OC(=O)CC/C=C\C/C=C\C/C=C\C/C=C\CC. The van der Waals surface area contributed by atoms with E-state index in [9.17, 15) is 14.4 Å². The molecule has 0 aromatic carbocycles. The van der Waals surface area contributed by atoms with E-state index in [2.05, 4.69) is 93.7 Å². The quantitative estimate of drug-likeness (QED) is 0.0314. The lowest BCUT2D eigenvalue weighted by Crippen LogP contribution is -2.30. The third-order valence-corrected chi connectivity index (χ3v) is 7.11. The summed E-state index contributed by atoms with van der Waals surface area (Å²) >= 11 is 0. The number of allylic oxidation sites excluding steroid dienone is 16. The second-order valence-corrected chi connectivity index (χ2v) is 11.7. The number of carbonyl (C=O) groups is 3. The Morgan fingerprint density at radius 3 is 1.22 bits per heavy atom. The van der Waals surface area contributed by atoms with E-state index in [0.717, 1.165) is 83.5 Å². The molecule has 0 heterocycles. The molecule has 1 atom stereocenters. The van der Waals surface area contributed by atoms with Gasteiger partial charge in [0.15, 0.2) is 6.10 Å². The molecule has 0 aliphatic rings. The van der Waals surface area contributed by atoms with E-state index in [1.807, 2.05) is 24.3 Å². The molecule has 0 bridgehead atoms. The maximum Gasteiger partial charge on any atom is 0.306 e. The van der Waals surface area contributed by atoms with E-state index in [1.165, 1.54) is 0 Å². The Bertz CT molecular complexity index is 1060. The molecule has 0 aromatic heterocycles. The highest BCUT2D eigenvalue weighted by Crippen LogP contribution is 2.08. The minimum absolute atomic E-state index is 0.131. The maximum atomic E-state index is 12.5. The zero-order chi connectivity index (χ0) is 35.9. The van der Waals surface area contributed by atoms with Crippen molar-refractivity contribution in [2.24, 2.45) is 0 Å². The minimum atomic E-state index is -0.838. The second kappa shape index (κ2) is 37.2. The summed E-state index contributed by atoms with van der Waals surface area (Å²) < 4.78 is 16.3. The van der Waals surface area contributed by atoms with Gasteiger partial charge in [-0.3, -0.25) is 14.4 Å². The molecule has 0 N–H and O–H groups in total. The molecule has 0 aromatic rings. The lowest BCUT2D eigenvalue weighted by atomic mass is 10.1. The number of esters is 3. The van der Waals surface area contributed by atoms with Crippen LogP contribution in [0.5, 0.6) is 0 Å². The normalized spacial score (nSPS) is 13.1. The van der Waals surface area contributed by atoms with Gasteiger partial charge in [0.2, 0.25) is 0 Å². The standard InChI is InChI=1S/C43H66O6/c1-4-7-10-13-15-17-19-21-23-25-27-30-33-36-42(45)48-39-40(38-47-41(44)35-32-29-12-9-6-3)49-43(46)37-34-31-28-26-24-22-20-18-16-14-11-8-5-2/h7-8,10-11,15-18,21-24,27-28,30-31,40H,4-6,9,12-14,19-20,25-26,29,32-39H2,1-3H3/b10-7-,11-8-,17-15-,18-16-,23-21-,24-22-,30-27-,31-28-. The summed E-state index contributed by atoms with van der Waals surface area (Å²) in [6, 6.07) is 0. The van der Waals surface area contributed by atoms with E-state index in [0.29, 0.717) is 19.3 Å². The Kier molecular flexibility index (Phi) is 34.4. The van der Waals surface area contributed by atoms with Gasteiger partial charge >= 0.3 is 17.9 Å². The van der Waals surface area contributed by atoms with Crippen molar-refractivity contribution in [1.82, 2.24) is 0 Å². The first-order valence-electron chi connectivity index (χ1n) is 18.7. The van der Waals surface area contributed by atoms with Crippen molar-refractivity contribution in [1.29, 1.82) is 0 Å². The average Bonchev–Trinajstić information content (AvgIpc) is 3.09. The predicted octanol–water partition coefficient (Wildman–Crippen LogP) is 11.5. The lowest BCUT2D eigenvalue weighted by Gasteiger charge is -2.18. The molecule has 0 aliphatic heterocycles. The van der Waals surface area contributed by atoms with Crippen molar-refractivity contribution in [3.63, 3.8) is 0 Å². The third kappa shape index (κ3) is 35.5. The van der Waals surface area contributed by atoms with Gasteiger partial charge in [0.05, 0.1) is 0 Å². The van der Waals surface area contributed by atoms with Crippen LogP contribution in [0.3, 0.4) is 0 Å². The molecule has 6 nitrogen and oxygen atoms in total. The van der Waals surface area contributed by atoms with Crippen LogP contribution in [0, 0.1) is 0 Å². The largest absolute Gasteiger partial charge is 0.462 e. The van der Waals surface area contributed by atoms with E-state index in [-0.39, 0.29) is 38.0 Å². The van der Waals surface area contributed by atoms with Crippen molar-refractivity contribution in [2.45, 2.75) is 142 Å². The zero-order valence-corrected chi connectivity index (χ0v) is 30.9. The molecule has 0 saturated carbocycles. The molecule has 0 aliphatic carbocycles. The summed E-state index contributed by atoms with van der Waals surface area (Å²) in [7, 11) is 0. The predicted molar refractivity (Wildman–Crippen MR) is 205 cm³/mol. The Labute approximate surface area is 298 Å². The zero-order valence-electron chi connectivity index (χ0n) is 30.9. The molecule has 274 valence electrons. The molecular weight excluding hydrogens is 612 g/mol. The number of hydrogen-bond donors (Lipinski definition) is 0. The highest BCUT2D eigenvalue weighted by atomic mass is 16.6. The summed E-state index contributed by atoms with van der Waals surface area (Å²) in [4.78, 5) is 37.2. The molecule has 0 saturated heterocycles. The fourth-order valence-corrected chi connectivity index (χ4v) is 4.35. The van der Waals surface area contributed by atoms with Crippen LogP contribution in [0.2, 0.25) is 0 Å². The average molecular weight is 679 g/mol. The van der Waals surface area contributed by atoms with Gasteiger partial charge in [0.25, 0.3) is 0 Å². The van der Waals surface area contributed by atoms with Gasteiger partial charge in [0, 0.05) is 19.3 Å². The number of carbonyl (C=O) groups excluding carboxylic acids is 3. The Hall–Kier alpha value is -3.67. The number of unbranched alkanes of at least 4 members (excludes halogenated alkanes) is 4. The summed E-state index contributed by atoms with van der Waals surface area (Å²) in [6.07, 6.45) is 47.4. The van der Waals surface area contributed by atoms with Gasteiger partial charge in [-0.15, -0.1) is 0 Å². The Balaban J connectivity index is 4.56. The van der Waals surface area contributed by atoms with E-state index in [1.54, 1.807) is 0 Å². The molecule has 49 heavy (non-hydrogen) atoms. The fourth-order valence-electron chi connectivity index (χ4n) is 4.35. The number of ether oxygens (including phenoxy) is 3. The van der Waals surface area contributed by atoms with Crippen molar-refractivity contribution in [2.75, 3.05) is 13.2 Å². The minimum Gasteiger partial charge on any atom is -0.462 e. The van der Waals surface area contributed by atoms with Gasteiger partial charge in [0.1, 0.15) is 13.2 Å². The van der Waals surface area contributed by atoms with Crippen LogP contribution >= 0.6 is 0 Å². The van der Waals surface area contributed by atoms with Crippen molar-refractivity contribution in [3.8, 4) is 0 Å². The molecule has 0 radical (unpaired) electrons. The van der Waals surface area contributed by atoms with Gasteiger partial charge < -0.3 is 14.2 Å². The van der Waals surface area contributed by atoms with Crippen LogP contribution in [0.1, 0.15) is 136 Å². The van der Waals surface area contributed by atoms with Crippen molar-refractivity contribution in [3.05, 3.63) is 97.2 Å². The maximum absolute atomic E-state index is 12.5. The summed E-state index contributed by atoms with van der Waals surface area (Å²) in [5.74, 6) is -1.13. The first-order valence-corrected chi connectivity index (χ1v) is 18.7.